The molecule has 0 aliphatic carbocycles. The molecule has 2 aliphatic rings. The molecule has 0 bridgehead atoms. The average Bonchev–Trinajstić information content (AvgIpc) is 3.59. The molecule has 8 nitrogen and oxygen atoms in total. The Morgan fingerprint density at radius 2 is 1.97 bits per heavy atom. The van der Waals surface area contributed by atoms with Crippen molar-refractivity contribution < 1.29 is 18.0 Å². The predicted molar refractivity (Wildman–Crippen MR) is 133 cm³/mol. The van der Waals surface area contributed by atoms with Crippen molar-refractivity contribution in [3.8, 4) is 5.82 Å². The molecule has 2 saturated heterocycles. The Balaban J connectivity index is 1.23. The van der Waals surface area contributed by atoms with Crippen LogP contribution in [0.15, 0.2) is 61.1 Å². The Labute approximate surface area is 210 Å². The molecule has 2 amide bonds. The van der Waals surface area contributed by atoms with Crippen molar-refractivity contribution in [1.82, 2.24) is 24.4 Å². The van der Waals surface area contributed by atoms with E-state index in [2.05, 4.69) is 20.3 Å². The molecule has 11 heteroatoms. The molecule has 2 fully saturated rings. The summed E-state index contributed by atoms with van der Waals surface area (Å²) in [6, 6.07) is 12.5. The lowest BCUT2D eigenvalue weighted by Gasteiger charge is -2.17. The first-order chi connectivity index (χ1) is 17.8. The zero-order valence-electron chi connectivity index (χ0n) is 20.0. The molecule has 2 unspecified atom stereocenters. The Morgan fingerprint density at radius 1 is 1.11 bits per heavy atom. The number of hydrogen-bond acceptors (Lipinski definition) is 5. The van der Waals surface area contributed by atoms with Crippen LogP contribution in [0.1, 0.15) is 36.9 Å². The molecule has 37 heavy (non-hydrogen) atoms. The molecule has 0 saturated carbocycles. The van der Waals surface area contributed by atoms with Crippen LogP contribution in [0, 0.1) is 0 Å². The molecule has 2 aromatic heterocycles. The van der Waals surface area contributed by atoms with Crippen molar-refractivity contribution in [1.29, 1.82) is 0 Å². The van der Waals surface area contributed by atoms with Gasteiger partial charge in [-0.25, -0.2) is 14.8 Å². The molecular formula is C26H24F3N7O. The van der Waals surface area contributed by atoms with Crippen molar-refractivity contribution in [2.45, 2.75) is 38.0 Å². The van der Waals surface area contributed by atoms with E-state index in [1.807, 2.05) is 32.6 Å². The number of urea groups is 1. The first-order valence-electron chi connectivity index (χ1n) is 12.1. The lowest BCUT2D eigenvalue weighted by molar-refractivity contribution is -0.137. The van der Waals surface area contributed by atoms with Crippen LogP contribution in [0.3, 0.4) is 0 Å². The summed E-state index contributed by atoms with van der Waals surface area (Å²) in [5.74, 6) is 0.839. The maximum absolute atomic E-state index is 13.1. The molecule has 190 valence electrons. The Bertz CT molecular complexity index is 1480. The van der Waals surface area contributed by atoms with Crippen LogP contribution in [0.5, 0.6) is 0 Å². The quantitative estimate of drug-likeness (QED) is 0.391. The summed E-state index contributed by atoms with van der Waals surface area (Å²) >= 11 is 0. The van der Waals surface area contributed by atoms with Crippen molar-refractivity contribution >= 4 is 28.7 Å². The van der Waals surface area contributed by atoms with Crippen molar-refractivity contribution in [2.24, 2.45) is 0 Å². The van der Waals surface area contributed by atoms with Crippen LogP contribution < -0.4 is 10.2 Å². The summed E-state index contributed by atoms with van der Waals surface area (Å²) in [6.07, 6.45) is 0.922. The smallest absolute Gasteiger partial charge is 0.348 e. The monoisotopic (exact) mass is 507 g/mol. The SMILES string of the molecule is CC(Nc1nccc(-n2cnc3cc(N4CC5CCCN5C4=O)ccc32)n1)c1cccc(C(F)(F)F)c1. The van der Waals surface area contributed by atoms with Crippen LogP contribution in [-0.4, -0.2) is 49.6 Å². The predicted octanol–water partition coefficient (Wildman–Crippen LogP) is 5.41. The second-order valence-electron chi connectivity index (χ2n) is 9.40. The van der Waals surface area contributed by atoms with Crippen LogP contribution in [0.2, 0.25) is 0 Å². The molecule has 2 atom stereocenters. The molecular weight excluding hydrogens is 483 g/mol. The van der Waals surface area contributed by atoms with Gasteiger partial charge in [-0.2, -0.15) is 18.2 Å². The number of fused-ring (bicyclic) bond motifs is 2. The van der Waals surface area contributed by atoms with E-state index in [0.717, 1.165) is 48.2 Å². The maximum atomic E-state index is 13.1. The number of halogens is 3. The number of rotatable bonds is 5. The molecule has 4 heterocycles. The summed E-state index contributed by atoms with van der Waals surface area (Å²) in [7, 11) is 0. The van der Waals surface area contributed by atoms with Crippen LogP contribution in [-0.2, 0) is 6.18 Å². The third kappa shape index (κ3) is 4.24. The molecule has 4 aromatic rings. The highest BCUT2D eigenvalue weighted by atomic mass is 19.4. The molecule has 2 aliphatic heterocycles. The van der Waals surface area contributed by atoms with E-state index in [0.29, 0.717) is 17.9 Å². The Kier molecular flexibility index (Phi) is 5.50. The van der Waals surface area contributed by atoms with Gasteiger partial charge >= 0.3 is 12.2 Å². The minimum atomic E-state index is -4.41. The van der Waals surface area contributed by atoms with Gasteiger partial charge in [-0.15, -0.1) is 0 Å². The number of imidazole rings is 1. The molecule has 6 rings (SSSR count). The summed E-state index contributed by atoms with van der Waals surface area (Å²) < 4.78 is 41.1. The number of alkyl halides is 3. The van der Waals surface area contributed by atoms with Gasteiger partial charge in [0.2, 0.25) is 5.95 Å². The van der Waals surface area contributed by atoms with Gasteiger partial charge in [-0.1, -0.05) is 12.1 Å². The number of anilines is 2. The van der Waals surface area contributed by atoms with Gasteiger partial charge in [0.1, 0.15) is 12.1 Å². The van der Waals surface area contributed by atoms with Gasteiger partial charge in [-0.05, 0) is 61.7 Å². The lowest BCUT2D eigenvalue weighted by atomic mass is 10.1. The van der Waals surface area contributed by atoms with Crippen molar-refractivity contribution in [3.63, 3.8) is 0 Å². The number of benzene rings is 2. The standard InChI is InChI=1S/C26H24F3N7O/c1-16(17-4-2-5-18(12-17)26(27,28)29)32-24-30-10-9-23(33-24)36-15-31-21-13-19(7-8-22(21)36)35-14-20-6-3-11-34(20)25(35)37/h2,4-5,7-10,12-13,15-16,20H,3,6,11,14H2,1H3,(H,30,32,33). The summed E-state index contributed by atoms with van der Waals surface area (Å²) in [5, 5.41) is 3.09. The Hall–Kier alpha value is -4.15. The van der Waals surface area contributed by atoms with Gasteiger partial charge in [0, 0.05) is 25.0 Å². The van der Waals surface area contributed by atoms with Gasteiger partial charge in [-0.3, -0.25) is 9.47 Å². The first-order valence-corrected chi connectivity index (χ1v) is 12.1. The van der Waals surface area contributed by atoms with Gasteiger partial charge in [0.05, 0.1) is 28.7 Å². The Morgan fingerprint density at radius 3 is 2.78 bits per heavy atom. The number of nitrogens with one attached hydrogen (secondary N) is 1. The minimum absolute atomic E-state index is 0.0442. The fourth-order valence-corrected chi connectivity index (χ4v) is 5.10. The third-order valence-electron chi connectivity index (χ3n) is 7.04. The summed E-state index contributed by atoms with van der Waals surface area (Å²) in [6.45, 7) is 3.26. The number of carbonyl (C=O) groups excluding carboxylic acids is 1. The molecule has 2 aromatic carbocycles. The minimum Gasteiger partial charge on any atom is -0.348 e. The number of aromatic nitrogens is 4. The molecule has 1 N–H and O–H groups in total. The van der Waals surface area contributed by atoms with Gasteiger partial charge in [0.15, 0.2) is 0 Å². The number of nitrogens with zero attached hydrogens (tertiary/aromatic N) is 6. The molecule has 0 spiro atoms. The highest BCUT2D eigenvalue weighted by molar-refractivity contribution is 5.96. The van der Waals surface area contributed by atoms with E-state index in [9.17, 15) is 18.0 Å². The zero-order valence-corrected chi connectivity index (χ0v) is 20.0. The second kappa shape index (κ2) is 8.75. The first kappa shape index (κ1) is 23.3. The van der Waals surface area contributed by atoms with E-state index >= 15 is 0 Å². The summed E-state index contributed by atoms with van der Waals surface area (Å²) in [4.78, 5) is 29.9. The second-order valence-corrected chi connectivity index (χ2v) is 9.40. The fourth-order valence-electron chi connectivity index (χ4n) is 5.10. The summed E-state index contributed by atoms with van der Waals surface area (Å²) in [5.41, 5.74) is 2.13. The fraction of sp³-hybridized carbons (Fsp3) is 0.308. The van der Waals surface area contributed by atoms with E-state index in [1.165, 1.54) is 6.07 Å². The van der Waals surface area contributed by atoms with E-state index in [4.69, 9.17) is 0 Å². The van der Waals surface area contributed by atoms with Crippen LogP contribution in [0.4, 0.5) is 29.6 Å². The lowest BCUT2D eigenvalue weighted by Crippen LogP contribution is -2.31. The van der Waals surface area contributed by atoms with Gasteiger partial charge in [0.25, 0.3) is 0 Å². The topological polar surface area (TPSA) is 79.2 Å². The zero-order chi connectivity index (χ0) is 25.7. The highest BCUT2D eigenvalue weighted by Gasteiger charge is 2.40. The van der Waals surface area contributed by atoms with E-state index < -0.39 is 17.8 Å². The van der Waals surface area contributed by atoms with E-state index in [-0.39, 0.29) is 18.0 Å². The average molecular weight is 508 g/mol. The van der Waals surface area contributed by atoms with Crippen molar-refractivity contribution in [3.05, 3.63) is 72.2 Å². The largest absolute Gasteiger partial charge is 0.416 e. The number of hydrogen-bond donors (Lipinski definition) is 1. The maximum Gasteiger partial charge on any atom is 0.416 e. The number of amides is 2. The van der Waals surface area contributed by atoms with E-state index in [1.54, 1.807) is 31.6 Å². The third-order valence-corrected chi connectivity index (χ3v) is 7.04. The normalized spacial score (nSPS) is 18.5. The van der Waals surface area contributed by atoms with Crippen LogP contribution >= 0.6 is 0 Å². The number of carbonyl (C=O) groups is 1. The molecule has 0 radical (unpaired) electrons. The van der Waals surface area contributed by atoms with Gasteiger partial charge < -0.3 is 10.2 Å². The highest BCUT2D eigenvalue weighted by Crippen LogP contribution is 2.33. The van der Waals surface area contributed by atoms with Crippen molar-refractivity contribution in [2.75, 3.05) is 23.3 Å². The van der Waals surface area contributed by atoms with Crippen LogP contribution in [0.25, 0.3) is 16.9 Å².